The monoisotopic (exact) mass is 285 g/mol. The highest BCUT2D eigenvalue weighted by Crippen LogP contribution is 2.10. The van der Waals surface area contributed by atoms with E-state index in [1.54, 1.807) is 0 Å². The maximum Gasteiger partial charge on any atom is 0.251 e. The van der Waals surface area contributed by atoms with Crippen LogP contribution >= 0.6 is 0 Å². The normalized spacial score (nSPS) is 10.7. The zero-order valence-electron chi connectivity index (χ0n) is 13.2. The van der Waals surface area contributed by atoms with E-state index in [0.29, 0.717) is 6.54 Å². The highest BCUT2D eigenvalue weighted by molar-refractivity contribution is 5.95. The van der Waals surface area contributed by atoms with E-state index in [-0.39, 0.29) is 5.91 Å². The highest BCUT2D eigenvalue weighted by atomic mass is 16.1. The van der Waals surface area contributed by atoms with Crippen molar-refractivity contribution in [3.05, 3.63) is 52.3 Å². The lowest BCUT2D eigenvalue weighted by Gasteiger charge is -2.09. The molecule has 0 saturated heterocycles. The Morgan fingerprint density at radius 2 is 1.95 bits per heavy atom. The molecule has 1 aromatic heterocycles. The van der Waals surface area contributed by atoms with Crippen molar-refractivity contribution in [1.29, 1.82) is 0 Å². The summed E-state index contributed by atoms with van der Waals surface area (Å²) < 4.78 is 1.98. The van der Waals surface area contributed by atoms with Crippen LogP contribution in [0.15, 0.2) is 24.3 Å². The van der Waals surface area contributed by atoms with Crippen LogP contribution in [-0.4, -0.2) is 22.2 Å². The first-order valence-corrected chi connectivity index (χ1v) is 7.34. The highest BCUT2D eigenvalue weighted by Gasteiger charge is 2.08. The Hall–Kier alpha value is -2.10. The van der Waals surface area contributed by atoms with Gasteiger partial charge in [-0.15, -0.1) is 0 Å². The quantitative estimate of drug-likeness (QED) is 0.859. The second-order valence-electron chi connectivity index (χ2n) is 5.58. The predicted molar refractivity (Wildman–Crippen MR) is 84.6 cm³/mol. The number of rotatable bonds is 5. The van der Waals surface area contributed by atoms with Gasteiger partial charge in [-0.3, -0.25) is 9.48 Å². The van der Waals surface area contributed by atoms with Gasteiger partial charge in [0.05, 0.1) is 5.69 Å². The number of nitrogens with zero attached hydrogens (tertiary/aromatic N) is 2. The lowest BCUT2D eigenvalue weighted by atomic mass is 10.1. The molecule has 4 heteroatoms. The van der Waals surface area contributed by atoms with Crippen molar-refractivity contribution >= 4 is 5.91 Å². The molecule has 0 unspecified atom stereocenters. The van der Waals surface area contributed by atoms with Crippen LogP contribution in [0, 0.1) is 27.7 Å². The van der Waals surface area contributed by atoms with Gasteiger partial charge in [0.2, 0.25) is 0 Å². The third kappa shape index (κ3) is 3.94. The second kappa shape index (κ2) is 6.57. The Labute approximate surface area is 126 Å². The van der Waals surface area contributed by atoms with Gasteiger partial charge < -0.3 is 5.32 Å². The number of benzene rings is 1. The summed E-state index contributed by atoms with van der Waals surface area (Å²) in [6, 6.07) is 7.96. The first kappa shape index (κ1) is 15.3. The summed E-state index contributed by atoms with van der Waals surface area (Å²) in [5.74, 6) is 0.000804. The van der Waals surface area contributed by atoms with E-state index in [4.69, 9.17) is 0 Å². The van der Waals surface area contributed by atoms with Crippen LogP contribution in [0.1, 0.15) is 39.3 Å². The van der Waals surface area contributed by atoms with Crippen molar-refractivity contribution in [3.8, 4) is 0 Å². The first-order valence-electron chi connectivity index (χ1n) is 7.34. The van der Waals surface area contributed by atoms with E-state index < -0.39 is 0 Å². The largest absolute Gasteiger partial charge is 0.352 e. The molecule has 4 nitrogen and oxygen atoms in total. The van der Waals surface area contributed by atoms with Crippen LogP contribution in [0.25, 0.3) is 0 Å². The average molecular weight is 285 g/mol. The number of hydrogen-bond donors (Lipinski definition) is 1. The Balaban J connectivity index is 1.83. The van der Waals surface area contributed by atoms with Gasteiger partial charge in [0.25, 0.3) is 5.91 Å². The molecule has 0 atom stereocenters. The molecule has 0 fully saturated rings. The van der Waals surface area contributed by atoms with Gasteiger partial charge >= 0.3 is 0 Å². The lowest BCUT2D eigenvalue weighted by Crippen LogP contribution is -2.26. The zero-order chi connectivity index (χ0) is 15.4. The van der Waals surface area contributed by atoms with Crippen LogP contribution in [-0.2, 0) is 6.54 Å². The molecule has 0 spiro atoms. The molecule has 2 rings (SSSR count). The SMILES string of the molecule is Cc1ccc(C(=O)NCCCn2nc(C)cc2C)c(C)c1. The number of hydrogen-bond acceptors (Lipinski definition) is 2. The van der Waals surface area contributed by atoms with Crippen LogP contribution in [0.2, 0.25) is 0 Å². The third-order valence-corrected chi connectivity index (χ3v) is 3.56. The van der Waals surface area contributed by atoms with E-state index in [0.717, 1.165) is 35.5 Å². The van der Waals surface area contributed by atoms with Gasteiger partial charge in [-0.2, -0.15) is 5.10 Å². The molecule has 112 valence electrons. The number of carbonyl (C=O) groups excluding carboxylic acids is 1. The molecule has 1 amide bonds. The van der Waals surface area contributed by atoms with Crippen molar-refractivity contribution in [3.63, 3.8) is 0 Å². The van der Waals surface area contributed by atoms with Gasteiger partial charge in [-0.05, 0) is 51.8 Å². The van der Waals surface area contributed by atoms with Gasteiger partial charge in [-0.25, -0.2) is 0 Å². The van der Waals surface area contributed by atoms with Gasteiger partial charge in [-0.1, -0.05) is 17.7 Å². The number of amides is 1. The summed E-state index contributed by atoms with van der Waals surface area (Å²) in [4.78, 5) is 12.1. The topological polar surface area (TPSA) is 46.9 Å². The minimum atomic E-state index is 0.000804. The van der Waals surface area contributed by atoms with Crippen LogP contribution in [0.4, 0.5) is 0 Å². The predicted octanol–water partition coefficient (Wildman–Crippen LogP) is 2.94. The molecule has 2 aromatic rings. The molecule has 0 radical (unpaired) electrons. The summed E-state index contributed by atoms with van der Waals surface area (Å²) >= 11 is 0. The van der Waals surface area contributed by atoms with Gasteiger partial charge in [0.1, 0.15) is 0 Å². The van der Waals surface area contributed by atoms with Crippen LogP contribution < -0.4 is 5.32 Å². The average Bonchev–Trinajstić information content (AvgIpc) is 2.73. The zero-order valence-corrected chi connectivity index (χ0v) is 13.2. The molecular formula is C17H23N3O. The lowest BCUT2D eigenvalue weighted by molar-refractivity contribution is 0.0952. The Bertz CT molecular complexity index is 643. The standard InChI is InChI=1S/C17H23N3O/c1-12-6-7-16(13(2)10-12)17(21)18-8-5-9-20-15(4)11-14(3)19-20/h6-7,10-11H,5,8-9H2,1-4H3,(H,18,21). The molecule has 0 bridgehead atoms. The third-order valence-electron chi connectivity index (χ3n) is 3.56. The summed E-state index contributed by atoms with van der Waals surface area (Å²) in [6.07, 6.45) is 0.874. The smallest absolute Gasteiger partial charge is 0.251 e. The molecular weight excluding hydrogens is 262 g/mol. The number of nitrogens with one attached hydrogen (secondary N) is 1. The molecule has 0 aliphatic heterocycles. The first-order chi connectivity index (χ1) is 9.97. The maximum atomic E-state index is 12.1. The second-order valence-corrected chi connectivity index (χ2v) is 5.58. The van der Waals surface area contributed by atoms with E-state index >= 15 is 0 Å². The summed E-state index contributed by atoms with van der Waals surface area (Å²) in [7, 11) is 0. The Morgan fingerprint density at radius 3 is 2.57 bits per heavy atom. The van der Waals surface area contributed by atoms with Crippen LogP contribution in [0.3, 0.4) is 0 Å². The fourth-order valence-electron chi connectivity index (χ4n) is 2.50. The summed E-state index contributed by atoms with van der Waals surface area (Å²) in [5, 5.41) is 7.39. The number of aryl methyl sites for hydroxylation is 5. The van der Waals surface area contributed by atoms with Gasteiger partial charge in [0.15, 0.2) is 0 Å². The number of aromatic nitrogens is 2. The molecule has 0 aliphatic carbocycles. The van der Waals surface area contributed by atoms with Crippen LogP contribution in [0.5, 0.6) is 0 Å². The van der Waals surface area contributed by atoms with Gasteiger partial charge in [0, 0.05) is 24.3 Å². The van der Waals surface area contributed by atoms with Crippen molar-refractivity contribution in [2.45, 2.75) is 40.7 Å². The Morgan fingerprint density at radius 1 is 1.19 bits per heavy atom. The Kier molecular flexibility index (Phi) is 4.78. The molecule has 1 heterocycles. The molecule has 21 heavy (non-hydrogen) atoms. The number of carbonyl (C=O) groups is 1. The maximum absolute atomic E-state index is 12.1. The minimum Gasteiger partial charge on any atom is -0.352 e. The molecule has 1 N–H and O–H groups in total. The fourth-order valence-corrected chi connectivity index (χ4v) is 2.50. The van der Waals surface area contributed by atoms with E-state index in [1.165, 1.54) is 5.56 Å². The molecule has 1 aromatic carbocycles. The van der Waals surface area contributed by atoms with Crippen molar-refractivity contribution < 1.29 is 4.79 Å². The summed E-state index contributed by atoms with van der Waals surface area (Å²) in [5.41, 5.74) is 5.14. The van der Waals surface area contributed by atoms with E-state index in [9.17, 15) is 4.79 Å². The molecule has 0 aliphatic rings. The summed E-state index contributed by atoms with van der Waals surface area (Å²) in [6.45, 7) is 9.53. The fraction of sp³-hybridized carbons (Fsp3) is 0.412. The van der Waals surface area contributed by atoms with E-state index in [2.05, 4.69) is 16.5 Å². The van der Waals surface area contributed by atoms with Crippen molar-refractivity contribution in [2.24, 2.45) is 0 Å². The van der Waals surface area contributed by atoms with Crippen molar-refractivity contribution in [1.82, 2.24) is 15.1 Å². The minimum absolute atomic E-state index is 0.000804. The van der Waals surface area contributed by atoms with Crippen molar-refractivity contribution in [2.75, 3.05) is 6.54 Å². The molecule has 0 saturated carbocycles. The van der Waals surface area contributed by atoms with E-state index in [1.807, 2.05) is 50.6 Å².